The first kappa shape index (κ1) is 26.9. The number of nitrogens with zero attached hydrogens (tertiary/aromatic N) is 3. The summed E-state index contributed by atoms with van der Waals surface area (Å²) in [6, 6.07) is 20.6. The molecule has 3 aromatic carbocycles. The summed E-state index contributed by atoms with van der Waals surface area (Å²) in [6.07, 6.45) is 2.94. The smallest absolute Gasteiger partial charge is 0.255 e. The number of amidine groups is 1. The lowest BCUT2D eigenvalue weighted by Crippen LogP contribution is -2.46. The standard InChI is InChI=1S/C31H34N6O3/c1-36-26-13-12-22(19-25(26)35-28(36)14-9-20-7-10-21(11-8-20)29(32)33)31(39)37-17-15-23(16-18-37)34-30(38)24-5-3-4-6-27(24)40-2/h3-8,10-13,19,23H,9,14-18H2,1-2H3,(H3,32,33)(H,34,38). The zero-order valence-corrected chi connectivity index (χ0v) is 22.8. The van der Waals surface area contributed by atoms with E-state index in [0.717, 1.165) is 35.3 Å². The number of aryl methyl sites for hydroxylation is 3. The van der Waals surface area contributed by atoms with Gasteiger partial charge < -0.3 is 25.3 Å². The lowest BCUT2D eigenvalue weighted by Gasteiger charge is -2.32. The SMILES string of the molecule is COc1ccccc1C(=O)NC1CCN(C(=O)c2ccc3c(c2)nc(CCc2ccc(C(=N)N)cc2)n3C)CC1. The van der Waals surface area contributed by atoms with Crippen molar-refractivity contribution in [1.82, 2.24) is 19.8 Å². The number of nitrogens with two attached hydrogens (primary N) is 1. The molecule has 0 unspecified atom stereocenters. The lowest BCUT2D eigenvalue weighted by atomic mass is 10.0. The number of methoxy groups -OCH3 is 1. The van der Waals surface area contributed by atoms with Crippen molar-refractivity contribution in [2.24, 2.45) is 12.8 Å². The van der Waals surface area contributed by atoms with Gasteiger partial charge in [0.25, 0.3) is 11.8 Å². The summed E-state index contributed by atoms with van der Waals surface area (Å²) in [5, 5.41) is 10.6. The molecule has 4 N–H and O–H groups in total. The monoisotopic (exact) mass is 538 g/mol. The summed E-state index contributed by atoms with van der Waals surface area (Å²) in [7, 11) is 3.55. The summed E-state index contributed by atoms with van der Waals surface area (Å²) >= 11 is 0. The van der Waals surface area contributed by atoms with Gasteiger partial charge in [-0.25, -0.2) is 4.98 Å². The largest absolute Gasteiger partial charge is 0.496 e. The first-order valence-electron chi connectivity index (χ1n) is 13.5. The van der Waals surface area contributed by atoms with E-state index in [1.807, 2.05) is 66.5 Å². The van der Waals surface area contributed by atoms with Crippen LogP contribution in [0.5, 0.6) is 5.75 Å². The van der Waals surface area contributed by atoms with Crippen molar-refractivity contribution >= 4 is 28.7 Å². The Morgan fingerprint density at radius 3 is 2.42 bits per heavy atom. The first-order chi connectivity index (χ1) is 19.3. The van der Waals surface area contributed by atoms with E-state index >= 15 is 0 Å². The maximum Gasteiger partial charge on any atom is 0.255 e. The fourth-order valence-electron chi connectivity index (χ4n) is 5.22. The fraction of sp³-hybridized carbons (Fsp3) is 0.290. The molecule has 2 heterocycles. The van der Waals surface area contributed by atoms with Crippen molar-refractivity contribution in [3.05, 3.63) is 94.8 Å². The first-order valence-corrected chi connectivity index (χ1v) is 13.5. The molecular formula is C31H34N6O3. The molecule has 0 radical (unpaired) electrons. The van der Waals surface area contributed by atoms with Crippen molar-refractivity contribution in [2.75, 3.05) is 20.2 Å². The molecule has 4 aromatic rings. The van der Waals surface area contributed by atoms with Gasteiger partial charge in [-0.2, -0.15) is 0 Å². The average molecular weight is 539 g/mol. The molecule has 1 aliphatic heterocycles. The molecule has 0 saturated carbocycles. The van der Waals surface area contributed by atoms with Gasteiger partial charge in [0.1, 0.15) is 17.4 Å². The second kappa shape index (κ2) is 11.6. The number of para-hydroxylation sites is 1. The number of carbonyl (C=O) groups is 2. The van der Waals surface area contributed by atoms with E-state index in [4.69, 9.17) is 20.9 Å². The summed E-state index contributed by atoms with van der Waals surface area (Å²) in [5.41, 5.74) is 10.3. The Hall–Kier alpha value is -4.66. The second-order valence-corrected chi connectivity index (χ2v) is 10.1. The van der Waals surface area contributed by atoms with Gasteiger partial charge in [0.2, 0.25) is 0 Å². The topological polar surface area (TPSA) is 126 Å². The third kappa shape index (κ3) is 5.68. The van der Waals surface area contributed by atoms with Crippen LogP contribution in [0.25, 0.3) is 11.0 Å². The molecule has 9 nitrogen and oxygen atoms in total. The van der Waals surface area contributed by atoms with Crippen LogP contribution in [-0.2, 0) is 19.9 Å². The molecule has 5 rings (SSSR count). The molecule has 40 heavy (non-hydrogen) atoms. The van der Waals surface area contributed by atoms with Crippen LogP contribution in [-0.4, -0.2) is 58.3 Å². The lowest BCUT2D eigenvalue weighted by molar-refractivity contribution is 0.0698. The predicted octanol–water partition coefficient (Wildman–Crippen LogP) is 3.69. The van der Waals surface area contributed by atoms with Gasteiger partial charge in [-0.3, -0.25) is 15.0 Å². The highest BCUT2D eigenvalue weighted by Crippen LogP contribution is 2.22. The highest BCUT2D eigenvalue weighted by molar-refractivity contribution is 5.98. The van der Waals surface area contributed by atoms with Crippen LogP contribution in [0.4, 0.5) is 0 Å². The molecule has 1 saturated heterocycles. The number of piperidine rings is 1. The number of ether oxygens (including phenoxy) is 1. The average Bonchev–Trinajstić information content (AvgIpc) is 3.30. The Morgan fingerprint density at radius 1 is 1.02 bits per heavy atom. The minimum Gasteiger partial charge on any atom is -0.496 e. The number of fused-ring (bicyclic) bond motifs is 1. The number of amides is 2. The Kier molecular flexibility index (Phi) is 7.82. The zero-order chi connectivity index (χ0) is 28.2. The van der Waals surface area contributed by atoms with Gasteiger partial charge in [-0.1, -0.05) is 36.4 Å². The molecule has 9 heteroatoms. The Morgan fingerprint density at radius 2 is 1.73 bits per heavy atom. The molecule has 1 aliphatic rings. The molecule has 0 aliphatic carbocycles. The fourth-order valence-corrected chi connectivity index (χ4v) is 5.22. The number of aromatic nitrogens is 2. The molecule has 1 aromatic heterocycles. The third-order valence-electron chi connectivity index (χ3n) is 7.59. The highest BCUT2D eigenvalue weighted by Gasteiger charge is 2.26. The number of nitrogens with one attached hydrogen (secondary N) is 2. The molecule has 206 valence electrons. The summed E-state index contributed by atoms with van der Waals surface area (Å²) < 4.78 is 7.38. The number of likely N-dealkylation sites (tertiary alicyclic amines) is 1. The van der Waals surface area contributed by atoms with Crippen molar-refractivity contribution < 1.29 is 14.3 Å². The van der Waals surface area contributed by atoms with Crippen LogP contribution in [0.15, 0.2) is 66.7 Å². The number of hydrogen-bond acceptors (Lipinski definition) is 5. The predicted molar refractivity (Wildman–Crippen MR) is 155 cm³/mol. The molecule has 2 amide bonds. The quantitative estimate of drug-likeness (QED) is 0.233. The van der Waals surface area contributed by atoms with Crippen LogP contribution in [0.1, 0.15) is 50.5 Å². The van der Waals surface area contributed by atoms with Crippen LogP contribution < -0.4 is 15.8 Å². The Bertz CT molecular complexity index is 1550. The maximum absolute atomic E-state index is 13.3. The van der Waals surface area contributed by atoms with Gasteiger partial charge in [-0.05, 0) is 55.2 Å². The van der Waals surface area contributed by atoms with E-state index < -0.39 is 0 Å². The van der Waals surface area contributed by atoms with Crippen molar-refractivity contribution in [1.29, 1.82) is 5.41 Å². The Balaban J connectivity index is 1.19. The van der Waals surface area contributed by atoms with Gasteiger partial charge in [-0.15, -0.1) is 0 Å². The van der Waals surface area contributed by atoms with E-state index in [1.165, 1.54) is 0 Å². The normalized spacial score (nSPS) is 13.8. The number of rotatable bonds is 8. The minimum absolute atomic E-state index is 0.000884. The molecule has 0 bridgehead atoms. The van der Waals surface area contributed by atoms with E-state index in [1.54, 1.807) is 19.2 Å². The van der Waals surface area contributed by atoms with E-state index in [9.17, 15) is 9.59 Å². The van der Waals surface area contributed by atoms with Gasteiger partial charge in [0.15, 0.2) is 0 Å². The van der Waals surface area contributed by atoms with E-state index in [2.05, 4.69) is 9.88 Å². The van der Waals surface area contributed by atoms with Crippen LogP contribution >= 0.6 is 0 Å². The van der Waals surface area contributed by atoms with Gasteiger partial charge in [0.05, 0.1) is 23.7 Å². The number of carbonyl (C=O) groups excluding carboxylic acids is 2. The molecule has 1 fully saturated rings. The summed E-state index contributed by atoms with van der Waals surface area (Å²) in [6.45, 7) is 1.15. The number of nitrogen functional groups attached to an aromatic ring is 1. The maximum atomic E-state index is 13.3. The molecule has 0 spiro atoms. The zero-order valence-electron chi connectivity index (χ0n) is 22.8. The van der Waals surface area contributed by atoms with Gasteiger partial charge >= 0.3 is 0 Å². The highest BCUT2D eigenvalue weighted by atomic mass is 16.5. The van der Waals surface area contributed by atoms with E-state index in [0.29, 0.717) is 48.4 Å². The van der Waals surface area contributed by atoms with Crippen LogP contribution in [0.3, 0.4) is 0 Å². The second-order valence-electron chi connectivity index (χ2n) is 10.1. The number of hydrogen-bond donors (Lipinski definition) is 3. The van der Waals surface area contributed by atoms with Crippen LogP contribution in [0.2, 0.25) is 0 Å². The third-order valence-corrected chi connectivity index (χ3v) is 7.59. The van der Waals surface area contributed by atoms with Crippen LogP contribution in [0, 0.1) is 5.41 Å². The van der Waals surface area contributed by atoms with E-state index in [-0.39, 0.29) is 23.7 Å². The summed E-state index contributed by atoms with van der Waals surface area (Å²) in [4.78, 5) is 32.8. The van der Waals surface area contributed by atoms with Crippen molar-refractivity contribution in [3.63, 3.8) is 0 Å². The Labute approximate surface area is 233 Å². The molecule has 0 atom stereocenters. The number of imidazole rings is 1. The summed E-state index contributed by atoms with van der Waals surface area (Å²) in [5.74, 6) is 1.37. The molecular weight excluding hydrogens is 504 g/mol. The van der Waals surface area contributed by atoms with Crippen molar-refractivity contribution in [3.8, 4) is 5.75 Å². The number of benzene rings is 3. The van der Waals surface area contributed by atoms with Crippen molar-refractivity contribution in [2.45, 2.75) is 31.7 Å². The minimum atomic E-state index is -0.160. The van der Waals surface area contributed by atoms with Gasteiger partial charge in [0, 0.05) is 43.7 Å².